The normalized spacial score (nSPS) is 24.0. The van der Waals surface area contributed by atoms with E-state index in [1.165, 1.54) is 26.2 Å². The molecule has 0 aromatic rings. The van der Waals surface area contributed by atoms with Gasteiger partial charge in [0.2, 0.25) is 0 Å². The number of rotatable bonds is 1. The molecule has 0 saturated carbocycles. The Hall–Kier alpha value is 0.650. The Morgan fingerprint density at radius 3 is 2.11 bits per heavy atom. The summed E-state index contributed by atoms with van der Waals surface area (Å²) in [5.41, 5.74) is 0. The summed E-state index contributed by atoms with van der Waals surface area (Å²) in [5, 5.41) is 3.35. The molecule has 0 spiro atoms. The first-order valence-corrected chi connectivity index (χ1v) is 8.54. The van der Waals surface area contributed by atoms with Crippen LogP contribution in [-0.2, 0) is 0 Å². The molecule has 0 radical (unpaired) electrons. The van der Waals surface area contributed by atoms with Gasteiger partial charge in [-0.3, -0.25) is 0 Å². The fourth-order valence-corrected chi connectivity index (χ4v) is 3.39. The molecule has 0 aliphatic carbocycles. The van der Waals surface area contributed by atoms with Crippen LogP contribution in [0.1, 0.15) is 0 Å². The third-order valence-corrected chi connectivity index (χ3v) is 5.23. The molecule has 0 atom stereocenters. The molecule has 1 saturated heterocycles. The van der Waals surface area contributed by atoms with Gasteiger partial charge in [0, 0.05) is 0 Å². The Balaban J connectivity index is 2.23. The van der Waals surface area contributed by atoms with Crippen LogP contribution in [0.2, 0.25) is 0 Å². The van der Waals surface area contributed by atoms with Crippen molar-refractivity contribution in [3.8, 4) is 0 Å². The van der Waals surface area contributed by atoms with Crippen molar-refractivity contribution in [3.63, 3.8) is 0 Å². The van der Waals surface area contributed by atoms with Crippen molar-refractivity contribution in [3.05, 3.63) is 0 Å². The van der Waals surface area contributed by atoms with Gasteiger partial charge in [-0.05, 0) is 0 Å². The van der Waals surface area contributed by atoms with Gasteiger partial charge in [0.05, 0.1) is 0 Å². The van der Waals surface area contributed by atoms with Gasteiger partial charge in [0.25, 0.3) is 0 Å². The Bertz CT molecular complexity index is 79.1. The van der Waals surface area contributed by atoms with Gasteiger partial charge in [-0.25, -0.2) is 0 Å². The van der Waals surface area contributed by atoms with Crippen molar-refractivity contribution in [1.82, 2.24) is 8.43 Å². The maximum atomic E-state index is 3.35. The van der Waals surface area contributed by atoms with Crippen LogP contribution in [0, 0.1) is 0 Å². The first kappa shape index (κ1) is 7.75. The van der Waals surface area contributed by atoms with Crippen LogP contribution in [0.4, 0.5) is 0 Å². The van der Waals surface area contributed by atoms with E-state index in [4.69, 9.17) is 0 Å². The van der Waals surface area contributed by atoms with E-state index in [2.05, 4.69) is 18.3 Å². The summed E-state index contributed by atoms with van der Waals surface area (Å²) in [7, 11) is 0. The predicted octanol–water partition coefficient (Wildman–Crippen LogP) is 0.573. The second-order valence-electron chi connectivity index (χ2n) is 2.38. The number of alkyl halides is 2. The number of nitrogens with one attached hydrogen (secondary N) is 1. The summed E-state index contributed by atoms with van der Waals surface area (Å²) in [5.74, 6) is 0. The van der Waals surface area contributed by atoms with Gasteiger partial charge in [-0.2, -0.15) is 0 Å². The van der Waals surface area contributed by atoms with Crippen LogP contribution < -0.4 is 5.32 Å². The molecule has 1 aliphatic heterocycles. The average molecular weight is 242 g/mol. The summed E-state index contributed by atoms with van der Waals surface area (Å²) < 4.78 is 2.65. The van der Waals surface area contributed by atoms with Crippen molar-refractivity contribution < 1.29 is 0 Å². The minimum absolute atomic E-state index is 0.611. The Morgan fingerprint density at radius 1 is 1.22 bits per heavy atom. The Labute approximate surface area is 64.7 Å². The molecule has 1 N–H and O–H groups in total. The number of halogens is 1. The third kappa shape index (κ3) is 2.39. The van der Waals surface area contributed by atoms with Gasteiger partial charge >= 0.3 is 64.6 Å². The second kappa shape index (κ2) is 3.73. The van der Waals surface area contributed by atoms with E-state index in [1.54, 1.807) is 0 Å². The molecule has 0 unspecified atom stereocenters. The fourth-order valence-electron chi connectivity index (χ4n) is 0.976. The van der Waals surface area contributed by atoms with E-state index in [1.807, 2.05) is 0 Å². The molecular formula is C6H15IN2. The molecule has 1 rings (SSSR count). The minimum atomic E-state index is -0.611. The van der Waals surface area contributed by atoms with Crippen molar-refractivity contribution >= 4 is 20.1 Å². The molecule has 1 aliphatic rings. The van der Waals surface area contributed by atoms with Crippen LogP contribution in [-0.4, -0.2) is 39.2 Å². The average Bonchev–Trinajstić information content (AvgIpc) is 1.90. The van der Waals surface area contributed by atoms with Crippen molar-refractivity contribution in [2.45, 2.75) is 0 Å². The fraction of sp³-hybridized carbons (Fsp3) is 1.00. The molecule has 0 bridgehead atoms. The van der Waals surface area contributed by atoms with E-state index in [0.717, 1.165) is 0 Å². The Morgan fingerprint density at radius 2 is 1.78 bits per heavy atom. The predicted molar refractivity (Wildman–Crippen MR) is 50.3 cm³/mol. The quantitative estimate of drug-likeness (QED) is 0.411. The van der Waals surface area contributed by atoms with Crippen molar-refractivity contribution in [2.24, 2.45) is 0 Å². The molecule has 0 amide bonds. The topological polar surface area (TPSA) is 15.3 Å². The summed E-state index contributed by atoms with van der Waals surface area (Å²) in [6.45, 7) is 4.99. The summed E-state index contributed by atoms with van der Waals surface area (Å²) in [6, 6.07) is 0. The zero-order chi connectivity index (χ0) is 6.69. The number of piperazine rings is 1. The molecule has 0 aromatic heterocycles. The molecule has 0 aromatic carbocycles. The van der Waals surface area contributed by atoms with E-state index in [0.29, 0.717) is 0 Å². The van der Waals surface area contributed by atoms with Gasteiger partial charge in [0.1, 0.15) is 0 Å². The van der Waals surface area contributed by atoms with Gasteiger partial charge < -0.3 is 0 Å². The molecule has 1 fully saturated rings. The maximum absolute atomic E-state index is 3.35. The standard InChI is InChI=1S/C6H15IN2/c1-7(2)9-5-3-8-4-6-9/h8H,3-6H2,1-2H3. The summed E-state index contributed by atoms with van der Waals surface area (Å²) in [4.78, 5) is 4.82. The first-order valence-electron chi connectivity index (χ1n) is 3.26. The monoisotopic (exact) mass is 242 g/mol. The molecule has 1 heterocycles. The van der Waals surface area contributed by atoms with E-state index < -0.39 is 20.1 Å². The van der Waals surface area contributed by atoms with Crippen LogP contribution in [0.3, 0.4) is 0 Å². The molecule has 3 heteroatoms. The van der Waals surface area contributed by atoms with E-state index >= 15 is 0 Å². The second-order valence-corrected chi connectivity index (χ2v) is 7.83. The molecule has 56 valence electrons. The van der Waals surface area contributed by atoms with Gasteiger partial charge in [0.15, 0.2) is 0 Å². The first-order chi connectivity index (χ1) is 4.30. The SMILES string of the molecule is CI(C)N1CCNCC1. The number of hydrogen-bond acceptors (Lipinski definition) is 2. The molecule has 9 heavy (non-hydrogen) atoms. The van der Waals surface area contributed by atoms with Crippen molar-refractivity contribution in [1.29, 1.82) is 0 Å². The van der Waals surface area contributed by atoms with Crippen LogP contribution >= 0.6 is 20.1 Å². The van der Waals surface area contributed by atoms with Crippen LogP contribution in [0.25, 0.3) is 0 Å². The number of nitrogens with zero attached hydrogens (tertiary/aromatic N) is 1. The molecular weight excluding hydrogens is 227 g/mol. The zero-order valence-electron chi connectivity index (χ0n) is 6.15. The van der Waals surface area contributed by atoms with E-state index in [9.17, 15) is 0 Å². The van der Waals surface area contributed by atoms with Gasteiger partial charge in [-0.15, -0.1) is 0 Å². The van der Waals surface area contributed by atoms with Crippen molar-refractivity contribution in [2.75, 3.05) is 36.0 Å². The Kier molecular flexibility index (Phi) is 3.21. The molecule has 2 nitrogen and oxygen atoms in total. The van der Waals surface area contributed by atoms with Gasteiger partial charge in [-0.1, -0.05) is 0 Å². The van der Waals surface area contributed by atoms with Crippen LogP contribution in [0.5, 0.6) is 0 Å². The zero-order valence-corrected chi connectivity index (χ0v) is 8.31. The summed E-state index contributed by atoms with van der Waals surface area (Å²) in [6.07, 6.45) is 0. The number of hydrogen-bond donors (Lipinski definition) is 1. The van der Waals surface area contributed by atoms with Crippen LogP contribution in [0.15, 0.2) is 0 Å². The summed E-state index contributed by atoms with van der Waals surface area (Å²) >= 11 is -0.611. The third-order valence-electron chi connectivity index (χ3n) is 1.54. The van der Waals surface area contributed by atoms with E-state index in [-0.39, 0.29) is 0 Å².